The summed E-state index contributed by atoms with van der Waals surface area (Å²) in [5.74, 6) is -0.0914. The van der Waals surface area contributed by atoms with Crippen LogP contribution in [-0.2, 0) is 16.1 Å². The molecule has 1 aliphatic rings. The van der Waals surface area contributed by atoms with Crippen LogP contribution in [0.25, 0.3) is 0 Å². The third-order valence-corrected chi connectivity index (χ3v) is 3.97. The minimum absolute atomic E-state index is 0.0914. The molecule has 0 bridgehead atoms. The molecule has 4 nitrogen and oxygen atoms in total. The molecule has 0 saturated carbocycles. The van der Waals surface area contributed by atoms with Crippen LogP contribution in [0.3, 0.4) is 0 Å². The molecule has 0 amide bonds. The Labute approximate surface area is 118 Å². The average Bonchev–Trinajstić information content (AvgIpc) is 2.86. The number of esters is 1. The Morgan fingerprint density at radius 3 is 2.89 bits per heavy atom. The van der Waals surface area contributed by atoms with Crippen molar-refractivity contribution < 1.29 is 9.53 Å². The summed E-state index contributed by atoms with van der Waals surface area (Å²) in [5, 5.41) is 1.07. The van der Waals surface area contributed by atoms with E-state index in [1.165, 1.54) is 4.88 Å². The van der Waals surface area contributed by atoms with E-state index in [1.807, 2.05) is 33.9 Å². The highest BCUT2D eigenvalue weighted by atomic mass is 32.1. The number of rotatable bonds is 3. The van der Waals surface area contributed by atoms with Crippen molar-refractivity contribution >= 4 is 17.3 Å². The average molecular weight is 282 g/mol. The Kier molecular flexibility index (Phi) is 4.26. The lowest BCUT2D eigenvalue weighted by atomic mass is 10.1. The summed E-state index contributed by atoms with van der Waals surface area (Å²) >= 11 is 1.70. The van der Waals surface area contributed by atoms with Gasteiger partial charge >= 0.3 is 5.97 Å². The smallest absolute Gasteiger partial charge is 0.323 e. The van der Waals surface area contributed by atoms with Gasteiger partial charge in [0.15, 0.2) is 0 Å². The van der Waals surface area contributed by atoms with Crippen molar-refractivity contribution in [2.24, 2.45) is 0 Å². The summed E-state index contributed by atoms with van der Waals surface area (Å²) < 4.78 is 5.50. The molecule has 1 atom stereocenters. The molecule has 5 heteroatoms. The number of thiazole rings is 1. The van der Waals surface area contributed by atoms with Crippen LogP contribution in [0.5, 0.6) is 0 Å². The molecule has 2 rings (SSSR count). The molecule has 1 aliphatic heterocycles. The van der Waals surface area contributed by atoms with Gasteiger partial charge in [0.1, 0.15) is 11.6 Å². The normalized spacial score (nSPS) is 20.7. The lowest BCUT2D eigenvalue weighted by molar-refractivity contribution is -0.160. The predicted molar refractivity (Wildman–Crippen MR) is 76.1 cm³/mol. The predicted octanol–water partition coefficient (Wildman–Crippen LogP) is 2.76. The second-order valence-electron chi connectivity index (χ2n) is 6.01. The van der Waals surface area contributed by atoms with Crippen LogP contribution >= 0.6 is 11.3 Å². The van der Waals surface area contributed by atoms with Gasteiger partial charge in [0.2, 0.25) is 0 Å². The van der Waals surface area contributed by atoms with Gasteiger partial charge in [0.05, 0.1) is 5.01 Å². The van der Waals surface area contributed by atoms with Gasteiger partial charge in [-0.3, -0.25) is 9.69 Å². The fourth-order valence-corrected chi connectivity index (χ4v) is 3.15. The highest BCUT2D eigenvalue weighted by Crippen LogP contribution is 2.24. The van der Waals surface area contributed by atoms with Crippen molar-refractivity contribution in [3.8, 4) is 0 Å². The maximum Gasteiger partial charge on any atom is 0.323 e. The SMILES string of the molecule is Cc1ncc(CN2CCC[C@H]2C(=O)OC(C)(C)C)s1. The minimum Gasteiger partial charge on any atom is -0.459 e. The second-order valence-corrected chi connectivity index (χ2v) is 7.33. The fraction of sp³-hybridized carbons (Fsp3) is 0.714. The molecule has 0 aliphatic carbocycles. The monoisotopic (exact) mass is 282 g/mol. The van der Waals surface area contributed by atoms with E-state index in [1.54, 1.807) is 11.3 Å². The van der Waals surface area contributed by atoms with Crippen molar-refractivity contribution in [3.63, 3.8) is 0 Å². The molecular weight excluding hydrogens is 260 g/mol. The molecular formula is C14H22N2O2S. The number of likely N-dealkylation sites (tertiary alicyclic amines) is 1. The number of ether oxygens (including phenoxy) is 1. The first-order chi connectivity index (χ1) is 8.85. The molecule has 1 saturated heterocycles. The van der Waals surface area contributed by atoms with Crippen molar-refractivity contribution in [1.29, 1.82) is 0 Å². The topological polar surface area (TPSA) is 42.4 Å². The molecule has 1 fully saturated rings. The summed E-state index contributed by atoms with van der Waals surface area (Å²) in [6.45, 7) is 9.50. The lowest BCUT2D eigenvalue weighted by Gasteiger charge is -2.26. The number of aromatic nitrogens is 1. The Hall–Kier alpha value is -0.940. The van der Waals surface area contributed by atoms with E-state index in [9.17, 15) is 4.79 Å². The van der Waals surface area contributed by atoms with Crippen LogP contribution in [0.4, 0.5) is 0 Å². The van der Waals surface area contributed by atoms with Crippen LogP contribution in [0.2, 0.25) is 0 Å². The maximum atomic E-state index is 12.2. The van der Waals surface area contributed by atoms with E-state index in [0.29, 0.717) is 0 Å². The first kappa shape index (κ1) is 14.5. The molecule has 1 aromatic heterocycles. The van der Waals surface area contributed by atoms with Gasteiger partial charge in [-0.05, 0) is 47.1 Å². The van der Waals surface area contributed by atoms with Gasteiger partial charge in [-0.15, -0.1) is 11.3 Å². The van der Waals surface area contributed by atoms with Gasteiger partial charge < -0.3 is 4.74 Å². The first-order valence-electron chi connectivity index (χ1n) is 6.73. The Morgan fingerprint density at radius 1 is 1.58 bits per heavy atom. The van der Waals surface area contributed by atoms with Crippen molar-refractivity contribution in [1.82, 2.24) is 9.88 Å². The zero-order valence-electron chi connectivity index (χ0n) is 12.1. The van der Waals surface area contributed by atoms with Crippen LogP contribution < -0.4 is 0 Å². The molecule has 0 spiro atoms. The molecule has 19 heavy (non-hydrogen) atoms. The van der Waals surface area contributed by atoms with E-state index in [2.05, 4.69) is 9.88 Å². The molecule has 1 aromatic rings. The molecule has 0 unspecified atom stereocenters. The zero-order valence-corrected chi connectivity index (χ0v) is 12.9. The standard InChI is InChI=1S/C14H22N2O2S/c1-10-15-8-11(19-10)9-16-7-5-6-12(16)13(17)18-14(2,3)4/h8,12H,5-7,9H2,1-4H3/t12-/m0/s1. The number of hydrogen-bond acceptors (Lipinski definition) is 5. The highest BCUT2D eigenvalue weighted by Gasteiger charge is 2.34. The lowest BCUT2D eigenvalue weighted by Crippen LogP contribution is -2.40. The van der Waals surface area contributed by atoms with Crippen LogP contribution in [0.15, 0.2) is 6.20 Å². The largest absolute Gasteiger partial charge is 0.459 e. The molecule has 2 heterocycles. The molecule has 106 valence electrons. The maximum absolute atomic E-state index is 12.2. The van der Waals surface area contributed by atoms with Gasteiger partial charge in [-0.2, -0.15) is 0 Å². The number of carbonyl (C=O) groups is 1. The van der Waals surface area contributed by atoms with E-state index >= 15 is 0 Å². The Balaban J connectivity index is 1.98. The summed E-state index contributed by atoms with van der Waals surface area (Å²) in [6, 6.07) is -0.0957. The molecule has 0 N–H and O–H groups in total. The summed E-state index contributed by atoms with van der Waals surface area (Å²) in [7, 11) is 0. The van der Waals surface area contributed by atoms with Crippen LogP contribution in [0.1, 0.15) is 43.5 Å². The Morgan fingerprint density at radius 2 is 2.32 bits per heavy atom. The van der Waals surface area contributed by atoms with Crippen molar-refractivity contribution in [2.45, 2.75) is 58.7 Å². The van der Waals surface area contributed by atoms with Crippen molar-refractivity contribution in [3.05, 3.63) is 16.1 Å². The number of nitrogens with zero attached hydrogens (tertiary/aromatic N) is 2. The Bertz CT molecular complexity index is 451. The quantitative estimate of drug-likeness (QED) is 0.800. The van der Waals surface area contributed by atoms with Crippen LogP contribution in [0, 0.1) is 6.92 Å². The highest BCUT2D eigenvalue weighted by molar-refractivity contribution is 7.11. The fourth-order valence-electron chi connectivity index (χ4n) is 2.33. The first-order valence-corrected chi connectivity index (χ1v) is 7.55. The van der Waals surface area contributed by atoms with Gasteiger partial charge in [0, 0.05) is 17.6 Å². The van der Waals surface area contributed by atoms with E-state index in [0.717, 1.165) is 30.9 Å². The zero-order chi connectivity index (χ0) is 14.0. The van der Waals surface area contributed by atoms with E-state index in [4.69, 9.17) is 4.74 Å². The third kappa shape index (κ3) is 4.01. The summed E-state index contributed by atoms with van der Waals surface area (Å²) in [6.07, 6.45) is 3.86. The van der Waals surface area contributed by atoms with E-state index in [-0.39, 0.29) is 12.0 Å². The van der Waals surface area contributed by atoms with E-state index < -0.39 is 5.60 Å². The van der Waals surface area contributed by atoms with Gasteiger partial charge in [-0.1, -0.05) is 0 Å². The molecule has 0 aromatic carbocycles. The number of aryl methyl sites for hydroxylation is 1. The molecule has 0 radical (unpaired) electrons. The summed E-state index contributed by atoms with van der Waals surface area (Å²) in [4.78, 5) is 19.9. The van der Waals surface area contributed by atoms with Crippen LogP contribution in [-0.4, -0.2) is 34.0 Å². The summed E-state index contributed by atoms with van der Waals surface area (Å²) in [5.41, 5.74) is -0.410. The second kappa shape index (κ2) is 5.59. The minimum atomic E-state index is -0.410. The van der Waals surface area contributed by atoms with Gasteiger partial charge in [-0.25, -0.2) is 4.98 Å². The third-order valence-electron chi connectivity index (χ3n) is 3.07. The number of hydrogen-bond donors (Lipinski definition) is 0. The number of carbonyl (C=O) groups excluding carboxylic acids is 1. The van der Waals surface area contributed by atoms with Gasteiger partial charge in [0.25, 0.3) is 0 Å². The van der Waals surface area contributed by atoms with Crippen molar-refractivity contribution in [2.75, 3.05) is 6.54 Å².